The lowest BCUT2D eigenvalue weighted by molar-refractivity contribution is -0.270. The Hall–Kier alpha value is -0.370. The lowest BCUT2D eigenvalue weighted by Gasteiger charge is -2.50. The van der Waals surface area contributed by atoms with E-state index in [2.05, 4.69) is 5.32 Å². The van der Waals surface area contributed by atoms with Crippen molar-refractivity contribution in [1.29, 1.82) is 0 Å². The van der Waals surface area contributed by atoms with Crippen molar-refractivity contribution >= 4 is 0 Å². The number of aliphatic hydroxyl groups excluding tert-OH is 2. The number of rotatable bonds is 2. The first-order valence-electron chi connectivity index (χ1n) is 6.57. The van der Waals surface area contributed by atoms with E-state index >= 15 is 0 Å². The van der Waals surface area contributed by atoms with E-state index in [9.17, 15) is 18.3 Å². The molecule has 1 aliphatic heterocycles. The average molecular weight is 283 g/mol. The van der Waals surface area contributed by atoms with Crippen molar-refractivity contribution in [3.8, 4) is 0 Å². The molecule has 0 aromatic rings. The highest BCUT2D eigenvalue weighted by molar-refractivity contribution is 5.00. The SMILES string of the molecule is CC1C2CC(F)CCC2NC(O)C1C(F)(F)C(O)O. The molecule has 1 saturated heterocycles. The van der Waals surface area contributed by atoms with Gasteiger partial charge in [0.15, 0.2) is 0 Å². The van der Waals surface area contributed by atoms with Crippen LogP contribution in [0.15, 0.2) is 0 Å². The fourth-order valence-corrected chi connectivity index (χ4v) is 3.55. The van der Waals surface area contributed by atoms with E-state index in [0.29, 0.717) is 12.8 Å². The zero-order chi connectivity index (χ0) is 14.4. The molecule has 6 unspecified atom stereocenters. The zero-order valence-electron chi connectivity index (χ0n) is 10.6. The van der Waals surface area contributed by atoms with Gasteiger partial charge in [0.2, 0.25) is 6.29 Å². The Balaban J connectivity index is 2.21. The van der Waals surface area contributed by atoms with Gasteiger partial charge >= 0.3 is 5.92 Å². The van der Waals surface area contributed by atoms with Crippen LogP contribution in [0.3, 0.4) is 0 Å². The van der Waals surface area contributed by atoms with Crippen LogP contribution in [0.25, 0.3) is 0 Å². The van der Waals surface area contributed by atoms with Crippen molar-refractivity contribution in [3.05, 3.63) is 0 Å². The Labute approximate surface area is 109 Å². The van der Waals surface area contributed by atoms with Gasteiger partial charge in [0, 0.05) is 6.04 Å². The smallest absolute Gasteiger partial charge is 0.304 e. The van der Waals surface area contributed by atoms with E-state index in [0.717, 1.165) is 0 Å². The van der Waals surface area contributed by atoms with Crippen molar-refractivity contribution in [3.63, 3.8) is 0 Å². The number of nitrogens with one attached hydrogen (secondary N) is 1. The van der Waals surface area contributed by atoms with Gasteiger partial charge < -0.3 is 15.3 Å². The van der Waals surface area contributed by atoms with Crippen LogP contribution >= 0.6 is 0 Å². The number of hydrogen-bond acceptors (Lipinski definition) is 4. The molecule has 2 aliphatic rings. The molecular weight excluding hydrogens is 263 g/mol. The summed E-state index contributed by atoms with van der Waals surface area (Å²) in [6.07, 6.45) is -4.36. The summed E-state index contributed by atoms with van der Waals surface area (Å²) < 4.78 is 41.0. The van der Waals surface area contributed by atoms with Gasteiger partial charge in [0.1, 0.15) is 12.4 Å². The van der Waals surface area contributed by atoms with Gasteiger partial charge in [0.05, 0.1) is 5.92 Å². The van der Waals surface area contributed by atoms with E-state index in [1.54, 1.807) is 0 Å². The molecule has 0 amide bonds. The number of hydrogen-bond donors (Lipinski definition) is 4. The van der Waals surface area contributed by atoms with E-state index in [1.807, 2.05) is 0 Å². The van der Waals surface area contributed by atoms with Crippen LogP contribution in [0.5, 0.6) is 0 Å². The summed E-state index contributed by atoms with van der Waals surface area (Å²) in [7, 11) is 0. The number of piperidine rings is 1. The summed E-state index contributed by atoms with van der Waals surface area (Å²) in [6, 6.07) is -0.195. The molecule has 112 valence electrons. The van der Waals surface area contributed by atoms with Crippen LogP contribution in [0.4, 0.5) is 13.2 Å². The Kier molecular flexibility index (Phi) is 4.11. The fourth-order valence-electron chi connectivity index (χ4n) is 3.55. The van der Waals surface area contributed by atoms with Gasteiger partial charge in [-0.05, 0) is 31.1 Å². The first-order chi connectivity index (χ1) is 8.75. The molecular formula is C12H20F3NO3. The standard InChI is InChI=1S/C12H20F3NO3/c1-5-7-4-6(13)2-3-8(7)16-10(17)9(5)12(14,15)11(18)19/h5-11,16-19H,2-4H2,1H3. The van der Waals surface area contributed by atoms with Crippen molar-refractivity contribution in [2.24, 2.45) is 17.8 Å². The quantitative estimate of drug-likeness (QED) is 0.560. The Bertz CT molecular complexity index is 329. The van der Waals surface area contributed by atoms with Crippen LogP contribution in [-0.4, -0.2) is 46.0 Å². The average Bonchev–Trinajstić information content (AvgIpc) is 2.30. The number of aliphatic hydroxyl groups is 3. The van der Waals surface area contributed by atoms with Gasteiger partial charge in [-0.25, -0.2) is 13.2 Å². The monoisotopic (exact) mass is 283 g/mol. The van der Waals surface area contributed by atoms with Gasteiger partial charge in [0.25, 0.3) is 0 Å². The van der Waals surface area contributed by atoms with Gasteiger partial charge in [-0.2, -0.15) is 0 Å². The van der Waals surface area contributed by atoms with E-state index in [4.69, 9.17) is 10.2 Å². The predicted molar refractivity (Wildman–Crippen MR) is 61.0 cm³/mol. The summed E-state index contributed by atoms with van der Waals surface area (Å²) in [5, 5.41) is 30.1. The van der Waals surface area contributed by atoms with Crippen molar-refractivity contribution in [1.82, 2.24) is 5.32 Å². The molecule has 19 heavy (non-hydrogen) atoms. The molecule has 4 nitrogen and oxygen atoms in total. The minimum atomic E-state index is -3.83. The first-order valence-corrected chi connectivity index (χ1v) is 6.57. The molecule has 1 saturated carbocycles. The summed E-state index contributed by atoms with van der Waals surface area (Å²) in [6.45, 7) is 1.51. The lowest BCUT2D eigenvalue weighted by Crippen LogP contribution is -2.64. The maximum atomic E-state index is 13.8. The maximum Gasteiger partial charge on any atom is 0.304 e. The fraction of sp³-hybridized carbons (Fsp3) is 1.00. The second kappa shape index (κ2) is 5.20. The second-order valence-corrected chi connectivity index (χ2v) is 5.73. The third-order valence-electron chi connectivity index (χ3n) is 4.59. The summed E-state index contributed by atoms with van der Waals surface area (Å²) in [5.41, 5.74) is 0. The van der Waals surface area contributed by atoms with Crippen LogP contribution < -0.4 is 5.32 Å². The van der Waals surface area contributed by atoms with Crippen molar-refractivity contribution < 1.29 is 28.5 Å². The highest BCUT2D eigenvalue weighted by Crippen LogP contribution is 2.46. The van der Waals surface area contributed by atoms with E-state index in [1.165, 1.54) is 6.92 Å². The molecule has 4 N–H and O–H groups in total. The summed E-state index contributed by atoms with van der Waals surface area (Å²) in [5.74, 6) is -6.50. The molecule has 2 rings (SSSR count). The summed E-state index contributed by atoms with van der Waals surface area (Å²) in [4.78, 5) is 0. The Morgan fingerprint density at radius 3 is 2.47 bits per heavy atom. The highest BCUT2D eigenvalue weighted by atomic mass is 19.3. The molecule has 0 aromatic carbocycles. The largest absolute Gasteiger partial charge is 0.378 e. The van der Waals surface area contributed by atoms with Gasteiger partial charge in [-0.3, -0.25) is 5.32 Å². The van der Waals surface area contributed by atoms with Crippen LogP contribution in [0.2, 0.25) is 0 Å². The third kappa shape index (κ3) is 2.61. The van der Waals surface area contributed by atoms with Crippen molar-refractivity contribution in [2.45, 2.75) is 56.8 Å². The van der Waals surface area contributed by atoms with Gasteiger partial charge in [-0.15, -0.1) is 0 Å². The normalized spacial score (nSPS) is 44.2. The topological polar surface area (TPSA) is 72.7 Å². The van der Waals surface area contributed by atoms with Crippen LogP contribution in [0.1, 0.15) is 26.2 Å². The van der Waals surface area contributed by atoms with Crippen molar-refractivity contribution in [2.75, 3.05) is 0 Å². The third-order valence-corrected chi connectivity index (χ3v) is 4.59. The predicted octanol–water partition coefficient (Wildman–Crippen LogP) is 0.613. The summed E-state index contributed by atoms with van der Waals surface area (Å²) >= 11 is 0. The molecule has 0 spiro atoms. The molecule has 1 aliphatic carbocycles. The second-order valence-electron chi connectivity index (χ2n) is 5.73. The molecule has 6 atom stereocenters. The van der Waals surface area contributed by atoms with Crippen LogP contribution in [0, 0.1) is 17.8 Å². The molecule has 2 fully saturated rings. The maximum absolute atomic E-state index is 13.8. The number of halogens is 3. The lowest BCUT2D eigenvalue weighted by atomic mass is 9.66. The molecule has 7 heteroatoms. The zero-order valence-corrected chi connectivity index (χ0v) is 10.6. The highest BCUT2D eigenvalue weighted by Gasteiger charge is 2.57. The minimum absolute atomic E-state index is 0.166. The minimum Gasteiger partial charge on any atom is -0.378 e. The van der Waals surface area contributed by atoms with E-state index < -0.39 is 36.4 Å². The van der Waals surface area contributed by atoms with Gasteiger partial charge in [-0.1, -0.05) is 6.92 Å². The Morgan fingerprint density at radius 1 is 1.26 bits per heavy atom. The number of alkyl halides is 3. The van der Waals surface area contributed by atoms with E-state index in [-0.39, 0.29) is 18.4 Å². The first kappa shape index (κ1) is 15.0. The number of fused-ring (bicyclic) bond motifs is 1. The molecule has 0 radical (unpaired) electrons. The molecule has 0 bridgehead atoms. The molecule has 1 heterocycles. The Morgan fingerprint density at radius 2 is 1.89 bits per heavy atom. The molecule has 0 aromatic heterocycles. The van der Waals surface area contributed by atoms with Crippen LogP contribution in [-0.2, 0) is 0 Å².